The van der Waals surface area contributed by atoms with Crippen molar-refractivity contribution in [3.8, 4) is 0 Å². The second-order valence-corrected chi connectivity index (χ2v) is 3.51. The standard InChI is InChI=1S/C9H22N2/c1-5-6-7-9(10)8(2)11(3)4/h8-9H,5-7,10H2,1-4H3. The van der Waals surface area contributed by atoms with Gasteiger partial charge in [-0.05, 0) is 27.4 Å². The summed E-state index contributed by atoms with van der Waals surface area (Å²) in [6.45, 7) is 4.38. The first-order valence-electron chi connectivity index (χ1n) is 4.51. The maximum atomic E-state index is 5.96. The van der Waals surface area contributed by atoms with Crippen molar-refractivity contribution < 1.29 is 0 Å². The Morgan fingerprint density at radius 1 is 1.36 bits per heavy atom. The van der Waals surface area contributed by atoms with E-state index in [-0.39, 0.29) is 0 Å². The minimum atomic E-state index is 0.338. The summed E-state index contributed by atoms with van der Waals surface area (Å²) in [6.07, 6.45) is 3.64. The van der Waals surface area contributed by atoms with E-state index >= 15 is 0 Å². The Hall–Kier alpha value is -0.0800. The van der Waals surface area contributed by atoms with Gasteiger partial charge >= 0.3 is 0 Å². The van der Waals surface area contributed by atoms with Crippen LogP contribution in [0.1, 0.15) is 33.1 Å². The lowest BCUT2D eigenvalue weighted by atomic mass is 10.0. The van der Waals surface area contributed by atoms with Gasteiger partial charge in [-0.2, -0.15) is 0 Å². The lowest BCUT2D eigenvalue weighted by Gasteiger charge is -2.26. The van der Waals surface area contributed by atoms with Crippen LogP contribution in [0.25, 0.3) is 0 Å². The smallest absolute Gasteiger partial charge is 0.0212 e. The van der Waals surface area contributed by atoms with Gasteiger partial charge in [-0.25, -0.2) is 0 Å². The third-order valence-electron chi connectivity index (χ3n) is 2.33. The molecule has 0 spiro atoms. The van der Waals surface area contributed by atoms with E-state index in [2.05, 4.69) is 32.8 Å². The molecule has 2 N–H and O–H groups in total. The van der Waals surface area contributed by atoms with Crippen molar-refractivity contribution in [2.75, 3.05) is 14.1 Å². The maximum absolute atomic E-state index is 5.96. The van der Waals surface area contributed by atoms with Gasteiger partial charge in [0, 0.05) is 12.1 Å². The van der Waals surface area contributed by atoms with Crippen molar-refractivity contribution in [3.05, 3.63) is 0 Å². The number of rotatable bonds is 5. The lowest BCUT2D eigenvalue weighted by molar-refractivity contribution is 0.262. The van der Waals surface area contributed by atoms with Gasteiger partial charge in [0.1, 0.15) is 0 Å². The Balaban J connectivity index is 3.55. The van der Waals surface area contributed by atoms with Crippen molar-refractivity contribution in [1.82, 2.24) is 4.90 Å². The number of hydrogen-bond donors (Lipinski definition) is 1. The molecule has 2 nitrogen and oxygen atoms in total. The monoisotopic (exact) mass is 158 g/mol. The van der Waals surface area contributed by atoms with Gasteiger partial charge < -0.3 is 10.6 Å². The fraction of sp³-hybridized carbons (Fsp3) is 1.00. The van der Waals surface area contributed by atoms with Crippen LogP contribution in [0.2, 0.25) is 0 Å². The van der Waals surface area contributed by atoms with Crippen LogP contribution in [0.3, 0.4) is 0 Å². The van der Waals surface area contributed by atoms with Crippen LogP contribution in [-0.2, 0) is 0 Å². The predicted octanol–water partition coefficient (Wildman–Crippen LogP) is 1.45. The zero-order chi connectivity index (χ0) is 8.85. The molecule has 2 heteroatoms. The normalized spacial score (nSPS) is 16.9. The molecule has 0 heterocycles. The van der Waals surface area contributed by atoms with E-state index < -0.39 is 0 Å². The van der Waals surface area contributed by atoms with Crippen molar-refractivity contribution >= 4 is 0 Å². The molecular formula is C9H22N2. The SMILES string of the molecule is CCCCC(N)C(C)N(C)C. The molecule has 0 saturated heterocycles. The molecule has 0 aromatic heterocycles. The highest BCUT2D eigenvalue weighted by atomic mass is 15.1. The number of nitrogens with zero attached hydrogens (tertiary/aromatic N) is 1. The molecular weight excluding hydrogens is 136 g/mol. The van der Waals surface area contributed by atoms with Gasteiger partial charge in [0.2, 0.25) is 0 Å². The summed E-state index contributed by atoms with van der Waals surface area (Å²) in [6, 6.07) is 0.839. The first kappa shape index (κ1) is 10.9. The molecule has 0 aromatic rings. The fourth-order valence-electron chi connectivity index (χ4n) is 1.06. The van der Waals surface area contributed by atoms with Gasteiger partial charge in [0.15, 0.2) is 0 Å². The Labute approximate surface area is 70.8 Å². The van der Waals surface area contributed by atoms with E-state index in [1.165, 1.54) is 12.8 Å². The fourth-order valence-corrected chi connectivity index (χ4v) is 1.06. The van der Waals surface area contributed by atoms with Crippen molar-refractivity contribution in [2.45, 2.75) is 45.2 Å². The van der Waals surface area contributed by atoms with E-state index in [9.17, 15) is 0 Å². The summed E-state index contributed by atoms with van der Waals surface area (Å²) in [7, 11) is 4.16. The van der Waals surface area contributed by atoms with Crippen LogP contribution >= 0.6 is 0 Å². The van der Waals surface area contributed by atoms with Gasteiger partial charge in [0.25, 0.3) is 0 Å². The third kappa shape index (κ3) is 4.38. The average Bonchev–Trinajstić information content (AvgIpc) is 1.98. The highest BCUT2D eigenvalue weighted by molar-refractivity contribution is 4.74. The zero-order valence-corrected chi connectivity index (χ0v) is 8.30. The summed E-state index contributed by atoms with van der Waals surface area (Å²) >= 11 is 0. The number of likely N-dealkylation sites (N-methyl/N-ethyl adjacent to an activating group) is 1. The first-order chi connectivity index (χ1) is 5.09. The van der Waals surface area contributed by atoms with Gasteiger partial charge in [-0.1, -0.05) is 19.8 Å². The topological polar surface area (TPSA) is 29.3 Å². The third-order valence-corrected chi connectivity index (χ3v) is 2.33. The van der Waals surface area contributed by atoms with E-state index in [1.807, 2.05) is 0 Å². The molecule has 0 amide bonds. The summed E-state index contributed by atoms with van der Waals surface area (Å²) in [5.41, 5.74) is 5.96. The number of nitrogens with two attached hydrogens (primary N) is 1. The Kier molecular flexibility index (Phi) is 5.51. The quantitative estimate of drug-likeness (QED) is 0.656. The largest absolute Gasteiger partial charge is 0.326 e. The lowest BCUT2D eigenvalue weighted by Crippen LogP contribution is -2.42. The van der Waals surface area contributed by atoms with Crippen LogP contribution in [0.15, 0.2) is 0 Å². The molecule has 0 fully saturated rings. The second kappa shape index (κ2) is 5.56. The molecule has 2 atom stereocenters. The second-order valence-electron chi connectivity index (χ2n) is 3.51. The van der Waals surface area contributed by atoms with E-state index in [0.29, 0.717) is 12.1 Å². The van der Waals surface area contributed by atoms with Crippen LogP contribution in [0.5, 0.6) is 0 Å². The summed E-state index contributed by atoms with van der Waals surface area (Å²) in [5.74, 6) is 0. The molecule has 68 valence electrons. The summed E-state index contributed by atoms with van der Waals surface area (Å²) in [5, 5.41) is 0. The number of hydrogen-bond acceptors (Lipinski definition) is 2. The minimum absolute atomic E-state index is 0.338. The van der Waals surface area contributed by atoms with Crippen LogP contribution < -0.4 is 5.73 Å². The minimum Gasteiger partial charge on any atom is -0.326 e. The van der Waals surface area contributed by atoms with Crippen LogP contribution in [0.4, 0.5) is 0 Å². The van der Waals surface area contributed by atoms with E-state index in [4.69, 9.17) is 5.73 Å². The highest BCUT2D eigenvalue weighted by Crippen LogP contribution is 2.05. The Bertz CT molecular complexity index is 91.6. The molecule has 0 rings (SSSR count). The van der Waals surface area contributed by atoms with Crippen molar-refractivity contribution in [2.24, 2.45) is 5.73 Å². The van der Waals surface area contributed by atoms with Crippen LogP contribution in [0, 0.1) is 0 Å². The molecule has 2 unspecified atom stereocenters. The van der Waals surface area contributed by atoms with Crippen molar-refractivity contribution in [1.29, 1.82) is 0 Å². The molecule has 0 aromatic carbocycles. The van der Waals surface area contributed by atoms with Gasteiger partial charge in [-0.15, -0.1) is 0 Å². The Morgan fingerprint density at radius 3 is 2.27 bits per heavy atom. The predicted molar refractivity (Wildman–Crippen MR) is 50.6 cm³/mol. The van der Waals surface area contributed by atoms with Crippen LogP contribution in [-0.4, -0.2) is 31.1 Å². The molecule has 0 aliphatic rings. The maximum Gasteiger partial charge on any atom is 0.0212 e. The Morgan fingerprint density at radius 2 is 1.91 bits per heavy atom. The molecule has 11 heavy (non-hydrogen) atoms. The van der Waals surface area contributed by atoms with E-state index in [1.54, 1.807) is 0 Å². The average molecular weight is 158 g/mol. The molecule has 0 aliphatic heterocycles. The van der Waals surface area contributed by atoms with E-state index in [0.717, 1.165) is 6.42 Å². The van der Waals surface area contributed by atoms with Gasteiger partial charge in [-0.3, -0.25) is 0 Å². The molecule has 0 saturated carbocycles. The van der Waals surface area contributed by atoms with Gasteiger partial charge in [0.05, 0.1) is 0 Å². The highest BCUT2D eigenvalue weighted by Gasteiger charge is 2.12. The molecule has 0 bridgehead atoms. The molecule has 0 radical (unpaired) electrons. The zero-order valence-electron chi connectivity index (χ0n) is 8.30. The summed E-state index contributed by atoms with van der Waals surface area (Å²) < 4.78 is 0. The molecule has 0 aliphatic carbocycles. The summed E-state index contributed by atoms with van der Waals surface area (Å²) in [4.78, 5) is 2.18. The van der Waals surface area contributed by atoms with Crippen molar-refractivity contribution in [3.63, 3.8) is 0 Å². The first-order valence-corrected chi connectivity index (χ1v) is 4.51. The number of unbranched alkanes of at least 4 members (excludes halogenated alkanes) is 1.